The fourth-order valence-corrected chi connectivity index (χ4v) is 3.91. The Morgan fingerprint density at radius 2 is 1.44 bits per heavy atom. The second-order valence-corrected chi connectivity index (χ2v) is 8.13. The van der Waals surface area contributed by atoms with Crippen molar-refractivity contribution in [3.63, 3.8) is 0 Å². The van der Waals surface area contributed by atoms with Crippen LogP contribution in [0.15, 0.2) is 18.2 Å². The first kappa shape index (κ1) is 27.0. The molecule has 34 heavy (non-hydrogen) atoms. The first-order valence-corrected chi connectivity index (χ1v) is 10.7. The molecule has 8 N–H and O–H groups in total. The molecule has 0 amide bonds. The normalized spacial score (nSPS) is 38.5. The average Bonchev–Trinajstić information content (AvgIpc) is 2.86. The van der Waals surface area contributed by atoms with Crippen molar-refractivity contribution < 1.29 is 64.5 Å². The number of aliphatic hydroxyl groups is 8. The molecule has 1 aromatic rings. The molecule has 0 aromatic heterocycles. The molecule has 0 saturated carbocycles. The van der Waals surface area contributed by atoms with Crippen LogP contribution in [0.3, 0.4) is 0 Å². The van der Waals surface area contributed by atoms with Crippen LogP contribution in [0.1, 0.15) is 5.56 Å². The van der Waals surface area contributed by atoms with E-state index in [1.54, 1.807) is 18.2 Å². The highest BCUT2D eigenvalue weighted by Crippen LogP contribution is 2.31. The number of aliphatic hydroxyl groups excluding tert-OH is 8. The van der Waals surface area contributed by atoms with Gasteiger partial charge in [0.2, 0.25) is 0 Å². The van der Waals surface area contributed by atoms with Gasteiger partial charge in [0.1, 0.15) is 61.5 Å². The average molecular weight is 492 g/mol. The van der Waals surface area contributed by atoms with Gasteiger partial charge in [-0.1, -0.05) is 6.07 Å². The lowest BCUT2D eigenvalue weighted by molar-refractivity contribution is -0.342. The molecular formula is C21H32O13. The summed E-state index contributed by atoms with van der Waals surface area (Å²) in [5.74, 6) is 0.630. The number of rotatable bonds is 9. The molecule has 0 spiro atoms. The minimum Gasteiger partial charge on any atom is -0.493 e. The summed E-state index contributed by atoms with van der Waals surface area (Å²) in [5, 5.41) is 79.6. The molecule has 2 saturated heterocycles. The maximum Gasteiger partial charge on any atom is 0.187 e. The SMILES string of the molecule is COc1cc(CO)ccc1OCC1OC(CO)C(OC2OC(CO)C(O)C(O)C2O)C(O)C1O. The Labute approximate surface area is 195 Å². The standard InChI is InChI=1S/C21H32O13/c1-30-11-4-9(5-22)2-3-10(11)31-8-14-16(26)18(28)20(13(7-24)32-14)34-21-19(29)17(27)15(25)12(6-23)33-21/h2-4,12-29H,5-8H2,1H3. The lowest BCUT2D eigenvalue weighted by Crippen LogP contribution is -2.65. The van der Waals surface area contributed by atoms with Gasteiger partial charge >= 0.3 is 0 Å². The Hall–Kier alpha value is -1.62. The summed E-state index contributed by atoms with van der Waals surface area (Å²) < 4.78 is 27.3. The molecule has 10 atom stereocenters. The van der Waals surface area contributed by atoms with Gasteiger partial charge in [-0.2, -0.15) is 0 Å². The van der Waals surface area contributed by atoms with Gasteiger partial charge in [-0.05, 0) is 17.7 Å². The quantitative estimate of drug-likeness (QED) is 0.167. The van der Waals surface area contributed by atoms with E-state index < -0.39 is 74.4 Å². The van der Waals surface area contributed by atoms with Crippen LogP contribution in [-0.2, 0) is 20.8 Å². The van der Waals surface area contributed by atoms with Gasteiger partial charge in [-0.25, -0.2) is 0 Å². The lowest BCUT2D eigenvalue weighted by Gasteiger charge is -2.46. The maximum atomic E-state index is 10.7. The number of hydrogen-bond donors (Lipinski definition) is 8. The Morgan fingerprint density at radius 1 is 0.765 bits per heavy atom. The minimum atomic E-state index is -1.74. The van der Waals surface area contributed by atoms with Gasteiger partial charge < -0.3 is 64.5 Å². The van der Waals surface area contributed by atoms with E-state index in [0.717, 1.165) is 0 Å². The molecule has 2 aliphatic heterocycles. The third-order valence-corrected chi connectivity index (χ3v) is 5.92. The first-order chi connectivity index (χ1) is 16.2. The summed E-state index contributed by atoms with van der Waals surface area (Å²) in [6, 6.07) is 4.75. The van der Waals surface area contributed by atoms with Crippen molar-refractivity contribution in [1.29, 1.82) is 0 Å². The van der Waals surface area contributed by atoms with Crippen LogP contribution in [-0.4, -0.2) is 129 Å². The third-order valence-electron chi connectivity index (χ3n) is 5.92. The van der Waals surface area contributed by atoms with Crippen LogP contribution in [0.2, 0.25) is 0 Å². The fraction of sp³-hybridized carbons (Fsp3) is 0.714. The summed E-state index contributed by atoms with van der Waals surface area (Å²) >= 11 is 0. The predicted octanol–water partition coefficient (Wildman–Crippen LogP) is -3.77. The Kier molecular flexibility index (Phi) is 9.42. The van der Waals surface area contributed by atoms with Crippen molar-refractivity contribution in [1.82, 2.24) is 0 Å². The molecule has 13 heteroatoms. The van der Waals surface area contributed by atoms with E-state index in [1.165, 1.54) is 7.11 Å². The van der Waals surface area contributed by atoms with Crippen molar-refractivity contribution >= 4 is 0 Å². The van der Waals surface area contributed by atoms with Crippen LogP contribution in [0.25, 0.3) is 0 Å². The molecule has 0 aliphatic carbocycles. The van der Waals surface area contributed by atoms with E-state index in [2.05, 4.69) is 0 Å². The van der Waals surface area contributed by atoms with Crippen molar-refractivity contribution in [2.24, 2.45) is 0 Å². The lowest BCUT2D eigenvalue weighted by atomic mass is 9.94. The Balaban J connectivity index is 1.67. The highest BCUT2D eigenvalue weighted by Gasteiger charge is 2.50. The zero-order valence-electron chi connectivity index (χ0n) is 18.5. The predicted molar refractivity (Wildman–Crippen MR) is 111 cm³/mol. The second-order valence-electron chi connectivity index (χ2n) is 8.13. The molecule has 10 unspecified atom stereocenters. The summed E-state index contributed by atoms with van der Waals surface area (Å²) in [5.41, 5.74) is 0.599. The Morgan fingerprint density at radius 3 is 2.06 bits per heavy atom. The molecule has 2 heterocycles. The first-order valence-electron chi connectivity index (χ1n) is 10.7. The van der Waals surface area contributed by atoms with Crippen LogP contribution >= 0.6 is 0 Å². The number of hydrogen-bond acceptors (Lipinski definition) is 13. The van der Waals surface area contributed by atoms with Crippen molar-refractivity contribution in [2.45, 2.75) is 67.8 Å². The number of ether oxygens (including phenoxy) is 5. The van der Waals surface area contributed by atoms with Gasteiger partial charge in [0.05, 0.1) is 26.9 Å². The fourth-order valence-electron chi connectivity index (χ4n) is 3.91. The van der Waals surface area contributed by atoms with Crippen LogP contribution in [0.4, 0.5) is 0 Å². The van der Waals surface area contributed by atoms with Gasteiger partial charge in [-0.3, -0.25) is 0 Å². The van der Waals surface area contributed by atoms with E-state index in [1.807, 2.05) is 0 Å². The number of benzene rings is 1. The molecular weight excluding hydrogens is 460 g/mol. The molecule has 194 valence electrons. The topological polar surface area (TPSA) is 208 Å². The largest absolute Gasteiger partial charge is 0.493 e. The molecule has 2 aliphatic rings. The smallest absolute Gasteiger partial charge is 0.187 e. The summed E-state index contributed by atoms with van der Waals surface area (Å²) in [7, 11) is 1.42. The summed E-state index contributed by atoms with van der Waals surface area (Å²) in [6.45, 7) is -1.75. The van der Waals surface area contributed by atoms with E-state index in [9.17, 15) is 40.9 Å². The van der Waals surface area contributed by atoms with Gasteiger partial charge in [0.15, 0.2) is 17.8 Å². The molecule has 13 nitrogen and oxygen atoms in total. The Bertz CT molecular complexity index is 775. The zero-order chi connectivity index (χ0) is 25.0. The summed E-state index contributed by atoms with van der Waals surface area (Å²) in [6.07, 6.45) is -14.7. The van der Waals surface area contributed by atoms with E-state index in [4.69, 9.17) is 23.7 Å². The third kappa shape index (κ3) is 5.61. The van der Waals surface area contributed by atoms with Crippen molar-refractivity contribution in [2.75, 3.05) is 26.9 Å². The molecule has 0 bridgehead atoms. The van der Waals surface area contributed by atoms with Gasteiger partial charge in [-0.15, -0.1) is 0 Å². The van der Waals surface area contributed by atoms with E-state index in [-0.39, 0.29) is 13.2 Å². The molecule has 1 aromatic carbocycles. The van der Waals surface area contributed by atoms with Crippen LogP contribution in [0, 0.1) is 0 Å². The zero-order valence-corrected chi connectivity index (χ0v) is 18.5. The van der Waals surface area contributed by atoms with Crippen molar-refractivity contribution in [3.05, 3.63) is 23.8 Å². The van der Waals surface area contributed by atoms with E-state index >= 15 is 0 Å². The molecule has 2 fully saturated rings. The van der Waals surface area contributed by atoms with Gasteiger partial charge in [0.25, 0.3) is 0 Å². The highest BCUT2D eigenvalue weighted by atomic mass is 16.7. The van der Waals surface area contributed by atoms with E-state index in [0.29, 0.717) is 17.1 Å². The second kappa shape index (κ2) is 11.9. The monoisotopic (exact) mass is 492 g/mol. The summed E-state index contributed by atoms with van der Waals surface area (Å²) in [4.78, 5) is 0. The van der Waals surface area contributed by atoms with Crippen LogP contribution < -0.4 is 9.47 Å². The minimum absolute atomic E-state index is 0.193. The number of methoxy groups -OCH3 is 1. The van der Waals surface area contributed by atoms with Gasteiger partial charge in [0, 0.05) is 0 Å². The molecule has 0 radical (unpaired) electrons. The van der Waals surface area contributed by atoms with Crippen molar-refractivity contribution in [3.8, 4) is 11.5 Å². The van der Waals surface area contributed by atoms with Crippen LogP contribution in [0.5, 0.6) is 11.5 Å². The highest BCUT2D eigenvalue weighted by molar-refractivity contribution is 5.42. The maximum absolute atomic E-state index is 10.7. The molecule has 3 rings (SSSR count).